The largest absolute Gasteiger partial charge is 0.494 e. The van der Waals surface area contributed by atoms with Gasteiger partial charge < -0.3 is 18.8 Å². The Kier molecular flexibility index (Phi) is 9.57. The zero-order valence-electron chi connectivity index (χ0n) is 20.1. The predicted molar refractivity (Wildman–Crippen MR) is 129 cm³/mol. The van der Waals surface area contributed by atoms with Gasteiger partial charge in [0.05, 0.1) is 12.1 Å². The van der Waals surface area contributed by atoms with E-state index in [9.17, 15) is 9.59 Å². The Balaban J connectivity index is 2.39. The van der Waals surface area contributed by atoms with Crippen LogP contribution in [0.2, 0.25) is 0 Å². The fraction of sp³-hybridized carbons (Fsp3) is 0.462. The maximum atomic E-state index is 13.0. The van der Waals surface area contributed by atoms with Gasteiger partial charge >= 0.3 is 5.97 Å². The summed E-state index contributed by atoms with van der Waals surface area (Å²) in [6.07, 6.45) is 8.08. The van der Waals surface area contributed by atoms with Gasteiger partial charge in [-0.2, -0.15) is 0 Å². The van der Waals surface area contributed by atoms with Gasteiger partial charge in [0.25, 0.3) is 5.56 Å². The Morgan fingerprint density at radius 1 is 1.06 bits per heavy atom. The van der Waals surface area contributed by atoms with E-state index >= 15 is 0 Å². The first-order valence-electron chi connectivity index (χ1n) is 11.1. The number of nitrogens with zero attached hydrogens (tertiary/aromatic N) is 1. The molecule has 32 heavy (non-hydrogen) atoms. The molecule has 0 saturated heterocycles. The van der Waals surface area contributed by atoms with E-state index in [2.05, 4.69) is 33.8 Å². The molecule has 2 aromatic rings. The number of benzene rings is 1. The maximum absolute atomic E-state index is 13.0. The van der Waals surface area contributed by atoms with Crippen LogP contribution in [0.3, 0.4) is 0 Å². The third-order valence-corrected chi connectivity index (χ3v) is 5.04. The monoisotopic (exact) mass is 441 g/mol. The van der Waals surface area contributed by atoms with Crippen LogP contribution in [-0.4, -0.2) is 23.8 Å². The highest BCUT2D eigenvalue weighted by atomic mass is 16.6. The molecule has 1 heterocycles. The molecule has 0 saturated carbocycles. The van der Waals surface area contributed by atoms with E-state index < -0.39 is 11.5 Å². The summed E-state index contributed by atoms with van der Waals surface area (Å²) < 4.78 is 18.5. The number of hydrogen-bond donors (Lipinski definition) is 0. The van der Waals surface area contributed by atoms with Crippen molar-refractivity contribution in [3.63, 3.8) is 0 Å². The van der Waals surface area contributed by atoms with Crippen LogP contribution < -0.4 is 19.8 Å². The fourth-order valence-electron chi connectivity index (χ4n) is 3.22. The SMILES string of the molecule is CCCCOc1ccc2c(OC/C=C(\C)CCC=C(C)C)c(OC(C)=O)c(=O)n(C)c2c1. The van der Waals surface area contributed by atoms with Crippen molar-refractivity contribution < 1.29 is 19.0 Å². The number of unbranched alkanes of at least 4 members (excludes halogenated alkanes) is 1. The Hall–Kier alpha value is -3.02. The van der Waals surface area contributed by atoms with E-state index in [0.29, 0.717) is 23.3 Å². The molecule has 0 bridgehead atoms. The zero-order valence-corrected chi connectivity index (χ0v) is 20.1. The van der Waals surface area contributed by atoms with Gasteiger partial charge in [0.15, 0.2) is 5.75 Å². The average Bonchev–Trinajstić information content (AvgIpc) is 2.73. The second kappa shape index (κ2) is 12.1. The molecule has 174 valence electrons. The highest BCUT2D eigenvalue weighted by Gasteiger charge is 2.20. The first-order valence-corrected chi connectivity index (χ1v) is 11.1. The van der Waals surface area contributed by atoms with E-state index in [-0.39, 0.29) is 18.1 Å². The van der Waals surface area contributed by atoms with Crippen molar-refractivity contribution in [3.05, 3.63) is 51.9 Å². The van der Waals surface area contributed by atoms with E-state index in [1.807, 2.05) is 24.3 Å². The molecule has 0 atom stereocenters. The Morgan fingerprint density at radius 2 is 1.81 bits per heavy atom. The van der Waals surface area contributed by atoms with E-state index in [0.717, 1.165) is 25.7 Å². The number of esters is 1. The highest BCUT2D eigenvalue weighted by Crippen LogP contribution is 2.34. The van der Waals surface area contributed by atoms with Gasteiger partial charge in [-0.15, -0.1) is 0 Å². The molecule has 0 N–H and O–H groups in total. The molecule has 0 unspecified atom stereocenters. The molecule has 1 aromatic heterocycles. The topological polar surface area (TPSA) is 66.8 Å². The van der Waals surface area contributed by atoms with Gasteiger partial charge in [-0.1, -0.05) is 30.6 Å². The van der Waals surface area contributed by atoms with Crippen molar-refractivity contribution in [2.24, 2.45) is 7.05 Å². The average molecular weight is 442 g/mol. The summed E-state index contributed by atoms with van der Waals surface area (Å²) in [4.78, 5) is 24.6. The van der Waals surface area contributed by atoms with Crippen molar-refractivity contribution in [2.45, 2.75) is 60.3 Å². The molecule has 0 spiro atoms. The first-order chi connectivity index (χ1) is 15.2. The molecule has 0 fully saturated rings. The molecule has 6 heteroatoms. The van der Waals surface area contributed by atoms with E-state index in [4.69, 9.17) is 14.2 Å². The van der Waals surface area contributed by atoms with Crippen LogP contribution in [0.15, 0.2) is 46.3 Å². The summed E-state index contributed by atoms with van der Waals surface area (Å²) in [5, 5.41) is 0.682. The van der Waals surface area contributed by atoms with E-state index in [1.54, 1.807) is 7.05 Å². The second-order valence-corrected chi connectivity index (χ2v) is 8.18. The number of ether oxygens (including phenoxy) is 3. The summed E-state index contributed by atoms with van der Waals surface area (Å²) in [7, 11) is 1.64. The number of aryl methyl sites for hydroxylation is 1. The molecule has 6 nitrogen and oxygen atoms in total. The smallest absolute Gasteiger partial charge is 0.308 e. The lowest BCUT2D eigenvalue weighted by molar-refractivity contribution is -0.132. The lowest BCUT2D eigenvalue weighted by Gasteiger charge is -2.16. The van der Waals surface area contributed by atoms with Crippen LogP contribution in [0, 0.1) is 0 Å². The number of carbonyl (C=O) groups excluding carboxylic acids is 1. The first kappa shape index (κ1) is 25.2. The number of allylic oxidation sites excluding steroid dienone is 3. The van der Waals surface area contributed by atoms with Crippen molar-refractivity contribution >= 4 is 16.9 Å². The molecule has 0 aliphatic heterocycles. The van der Waals surface area contributed by atoms with E-state index in [1.165, 1.54) is 22.6 Å². The quantitative estimate of drug-likeness (QED) is 0.254. The Morgan fingerprint density at radius 3 is 2.47 bits per heavy atom. The van der Waals surface area contributed by atoms with Crippen LogP contribution in [0.1, 0.15) is 60.3 Å². The van der Waals surface area contributed by atoms with Crippen LogP contribution in [0.25, 0.3) is 10.9 Å². The lowest BCUT2D eigenvalue weighted by Crippen LogP contribution is -2.22. The Labute approximate surface area is 190 Å². The van der Waals surface area contributed by atoms with Gasteiger partial charge in [0, 0.05) is 25.4 Å². The lowest BCUT2D eigenvalue weighted by atomic mass is 10.1. The minimum Gasteiger partial charge on any atom is -0.494 e. The van der Waals surface area contributed by atoms with Crippen molar-refractivity contribution in [1.29, 1.82) is 0 Å². The zero-order chi connectivity index (χ0) is 23.7. The van der Waals surface area contributed by atoms with Crippen LogP contribution in [-0.2, 0) is 11.8 Å². The van der Waals surface area contributed by atoms with Crippen LogP contribution in [0.5, 0.6) is 17.2 Å². The molecule has 1 aromatic carbocycles. The predicted octanol–water partition coefficient (Wildman–Crippen LogP) is 5.71. The molecule has 2 rings (SSSR count). The summed E-state index contributed by atoms with van der Waals surface area (Å²) in [6.45, 7) is 10.5. The van der Waals surface area contributed by atoms with Gasteiger partial charge in [-0.3, -0.25) is 9.59 Å². The minimum absolute atomic E-state index is 0.0947. The number of hydrogen-bond acceptors (Lipinski definition) is 5. The minimum atomic E-state index is -0.570. The summed E-state index contributed by atoms with van der Waals surface area (Å²) in [5.74, 6) is 0.288. The molecule has 0 aliphatic rings. The van der Waals surface area contributed by atoms with Gasteiger partial charge in [-0.05, 0) is 58.2 Å². The third kappa shape index (κ3) is 7.01. The van der Waals surface area contributed by atoms with Gasteiger partial charge in [-0.25, -0.2) is 0 Å². The number of fused-ring (bicyclic) bond motifs is 1. The fourth-order valence-corrected chi connectivity index (χ4v) is 3.22. The number of carbonyl (C=O) groups is 1. The molecule has 0 amide bonds. The Bertz CT molecular complexity index is 1060. The number of aromatic nitrogens is 1. The second-order valence-electron chi connectivity index (χ2n) is 8.18. The number of rotatable bonds is 11. The molecule has 0 aliphatic carbocycles. The standard InChI is InChI=1S/C26H35NO5/c1-7-8-15-30-21-12-13-22-23(17-21)27(6)26(29)25(32-20(5)28)24(22)31-16-14-19(4)11-9-10-18(2)3/h10,12-14,17H,7-9,11,15-16H2,1-6H3/b19-14+. The normalized spacial score (nSPS) is 11.4. The summed E-state index contributed by atoms with van der Waals surface area (Å²) in [5.41, 5.74) is 2.71. The van der Waals surface area contributed by atoms with Crippen molar-refractivity contribution in [3.8, 4) is 17.2 Å². The molecular formula is C26H35NO5. The summed E-state index contributed by atoms with van der Waals surface area (Å²) in [6, 6.07) is 5.49. The van der Waals surface area contributed by atoms with Gasteiger partial charge in [0.2, 0.25) is 5.75 Å². The van der Waals surface area contributed by atoms with Gasteiger partial charge in [0.1, 0.15) is 12.4 Å². The third-order valence-electron chi connectivity index (χ3n) is 5.04. The highest BCUT2D eigenvalue weighted by molar-refractivity contribution is 5.89. The summed E-state index contributed by atoms with van der Waals surface area (Å²) >= 11 is 0. The van der Waals surface area contributed by atoms with Crippen molar-refractivity contribution in [1.82, 2.24) is 4.57 Å². The van der Waals surface area contributed by atoms with Crippen LogP contribution in [0.4, 0.5) is 0 Å². The molecule has 0 radical (unpaired) electrons. The number of pyridine rings is 1. The van der Waals surface area contributed by atoms with Crippen molar-refractivity contribution in [2.75, 3.05) is 13.2 Å². The maximum Gasteiger partial charge on any atom is 0.308 e. The van der Waals surface area contributed by atoms with Crippen LogP contribution >= 0.6 is 0 Å². The molecular weight excluding hydrogens is 406 g/mol.